The molecule has 0 fully saturated rings. The van der Waals surface area contributed by atoms with E-state index in [1.165, 1.54) is 6.42 Å². The summed E-state index contributed by atoms with van der Waals surface area (Å²) in [7, 11) is 1.12. The van der Waals surface area contributed by atoms with E-state index in [-0.39, 0.29) is 26.1 Å². The SMILES string of the molecule is CC/C=C\C/C=C\C/C=C\CCCCCC(=O)OC(COC(=O)CCCCCCC/C=C\C/C=C\CCC)COP(=O)([O-])OCC[N+](C)(C)C. The number of hydrogen-bond acceptors (Lipinski definition) is 8. The minimum Gasteiger partial charge on any atom is -0.756 e. The molecule has 0 N–H and O–H groups in total. The Morgan fingerprint density at radius 3 is 1.72 bits per heavy atom. The fourth-order valence-electron chi connectivity index (χ4n) is 4.53. The van der Waals surface area contributed by atoms with Gasteiger partial charge in [0.2, 0.25) is 0 Å². The molecule has 0 heterocycles. The predicted molar refractivity (Wildman–Crippen MR) is 203 cm³/mol. The molecule has 0 spiro atoms. The summed E-state index contributed by atoms with van der Waals surface area (Å²) < 4.78 is 33.7. The summed E-state index contributed by atoms with van der Waals surface area (Å²) in [5.41, 5.74) is 0. The number of allylic oxidation sites excluding steroid dienone is 10. The summed E-state index contributed by atoms with van der Waals surface area (Å²) in [5.74, 6) is -0.895. The van der Waals surface area contributed by atoms with Gasteiger partial charge in [-0.05, 0) is 70.6 Å². The van der Waals surface area contributed by atoms with Gasteiger partial charge in [0, 0.05) is 12.8 Å². The van der Waals surface area contributed by atoms with E-state index in [1.807, 2.05) is 21.1 Å². The maximum absolute atomic E-state index is 12.6. The van der Waals surface area contributed by atoms with E-state index in [2.05, 4.69) is 74.6 Å². The summed E-state index contributed by atoms with van der Waals surface area (Å²) in [6.07, 6.45) is 36.8. The smallest absolute Gasteiger partial charge is 0.306 e. The van der Waals surface area contributed by atoms with Crippen molar-refractivity contribution in [3.63, 3.8) is 0 Å². The van der Waals surface area contributed by atoms with E-state index in [4.69, 9.17) is 18.5 Å². The van der Waals surface area contributed by atoms with Crippen LogP contribution in [0.1, 0.15) is 129 Å². The number of unbranched alkanes of at least 4 members (excludes halogenated alkanes) is 9. The van der Waals surface area contributed by atoms with Gasteiger partial charge in [0.05, 0.1) is 27.7 Å². The molecule has 0 saturated carbocycles. The van der Waals surface area contributed by atoms with Crippen molar-refractivity contribution >= 4 is 19.8 Å². The lowest BCUT2D eigenvalue weighted by molar-refractivity contribution is -0.870. The fraction of sp³-hybridized carbons (Fsp3) is 0.700. The molecule has 0 aliphatic rings. The first-order valence-electron chi connectivity index (χ1n) is 19.0. The van der Waals surface area contributed by atoms with Crippen LogP contribution >= 0.6 is 7.82 Å². The van der Waals surface area contributed by atoms with Crippen LogP contribution in [-0.4, -0.2) is 70.0 Å². The lowest BCUT2D eigenvalue weighted by Gasteiger charge is -2.28. The maximum Gasteiger partial charge on any atom is 0.306 e. The highest BCUT2D eigenvalue weighted by Gasteiger charge is 2.21. The van der Waals surface area contributed by atoms with E-state index in [9.17, 15) is 19.0 Å². The number of nitrogens with zero attached hydrogens (tertiary/aromatic N) is 1. The Kier molecular flexibility index (Phi) is 31.1. The van der Waals surface area contributed by atoms with Crippen molar-refractivity contribution in [2.75, 3.05) is 47.5 Å². The molecule has 0 aromatic carbocycles. The van der Waals surface area contributed by atoms with Gasteiger partial charge in [-0.15, -0.1) is 0 Å². The Bertz CT molecular complexity index is 1040. The van der Waals surface area contributed by atoms with Crippen molar-refractivity contribution in [3.05, 3.63) is 60.8 Å². The Labute approximate surface area is 305 Å². The predicted octanol–water partition coefficient (Wildman–Crippen LogP) is 9.49. The second-order valence-electron chi connectivity index (χ2n) is 13.6. The van der Waals surface area contributed by atoms with Crippen LogP contribution in [0.2, 0.25) is 0 Å². The highest BCUT2D eigenvalue weighted by Crippen LogP contribution is 2.38. The minimum atomic E-state index is -4.63. The van der Waals surface area contributed by atoms with Gasteiger partial charge in [0.15, 0.2) is 6.10 Å². The zero-order valence-corrected chi connectivity index (χ0v) is 33.0. The van der Waals surface area contributed by atoms with Crippen LogP contribution in [0.25, 0.3) is 0 Å². The summed E-state index contributed by atoms with van der Waals surface area (Å²) >= 11 is 0. The van der Waals surface area contributed by atoms with Crippen molar-refractivity contribution < 1.29 is 42.1 Å². The number of phosphoric ester groups is 1. The third-order valence-electron chi connectivity index (χ3n) is 7.50. The Hall–Kier alpha value is -2.29. The van der Waals surface area contributed by atoms with Crippen LogP contribution in [0.15, 0.2) is 60.8 Å². The van der Waals surface area contributed by atoms with Gasteiger partial charge in [-0.1, -0.05) is 107 Å². The number of quaternary nitrogens is 1. The number of carbonyl (C=O) groups is 2. The molecule has 0 radical (unpaired) electrons. The summed E-state index contributed by atoms with van der Waals surface area (Å²) in [4.78, 5) is 37.3. The lowest BCUT2D eigenvalue weighted by Crippen LogP contribution is -2.37. The van der Waals surface area contributed by atoms with Crippen LogP contribution in [0.5, 0.6) is 0 Å². The first-order chi connectivity index (χ1) is 24.0. The van der Waals surface area contributed by atoms with Crippen molar-refractivity contribution in [2.24, 2.45) is 0 Å². The molecule has 288 valence electrons. The highest BCUT2D eigenvalue weighted by molar-refractivity contribution is 7.45. The molecule has 10 heteroatoms. The maximum atomic E-state index is 12.6. The molecule has 0 aromatic rings. The number of phosphoric acid groups is 1. The van der Waals surface area contributed by atoms with Gasteiger partial charge in [-0.3, -0.25) is 14.2 Å². The van der Waals surface area contributed by atoms with E-state index < -0.39 is 32.5 Å². The molecule has 0 aromatic heterocycles. The Balaban J connectivity index is 4.53. The quantitative estimate of drug-likeness (QED) is 0.0217. The zero-order valence-electron chi connectivity index (χ0n) is 32.1. The van der Waals surface area contributed by atoms with Crippen LogP contribution in [0.4, 0.5) is 0 Å². The van der Waals surface area contributed by atoms with Crippen LogP contribution in [-0.2, 0) is 32.7 Å². The lowest BCUT2D eigenvalue weighted by atomic mass is 10.1. The molecule has 0 bridgehead atoms. The third-order valence-corrected chi connectivity index (χ3v) is 8.47. The topological polar surface area (TPSA) is 111 Å². The summed E-state index contributed by atoms with van der Waals surface area (Å²) in [6, 6.07) is 0. The second-order valence-corrected chi connectivity index (χ2v) is 15.0. The zero-order chi connectivity index (χ0) is 37.2. The van der Waals surface area contributed by atoms with Gasteiger partial charge >= 0.3 is 11.9 Å². The van der Waals surface area contributed by atoms with Crippen molar-refractivity contribution in [1.29, 1.82) is 0 Å². The molecule has 0 rings (SSSR count). The number of likely N-dealkylation sites (N-methyl/N-ethyl adjacent to an activating group) is 1. The molecule has 0 aliphatic heterocycles. The summed E-state index contributed by atoms with van der Waals surface area (Å²) in [5, 5.41) is 0. The van der Waals surface area contributed by atoms with Crippen molar-refractivity contribution in [1.82, 2.24) is 0 Å². The van der Waals surface area contributed by atoms with Gasteiger partial charge in [0.1, 0.15) is 19.8 Å². The average Bonchev–Trinajstić information content (AvgIpc) is 3.06. The van der Waals surface area contributed by atoms with Gasteiger partial charge in [-0.2, -0.15) is 0 Å². The molecule has 50 heavy (non-hydrogen) atoms. The van der Waals surface area contributed by atoms with Gasteiger partial charge in [-0.25, -0.2) is 0 Å². The highest BCUT2D eigenvalue weighted by atomic mass is 31.2. The molecule has 2 atom stereocenters. The van der Waals surface area contributed by atoms with Crippen molar-refractivity contribution in [2.45, 2.75) is 136 Å². The fourth-order valence-corrected chi connectivity index (χ4v) is 5.26. The monoisotopic (exact) mass is 723 g/mol. The molecule has 0 saturated heterocycles. The number of esters is 2. The summed E-state index contributed by atoms with van der Waals surface area (Å²) in [6.45, 7) is 3.96. The molecule has 0 amide bonds. The molecular formula is C40H70NO8P. The van der Waals surface area contributed by atoms with Crippen molar-refractivity contribution in [3.8, 4) is 0 Å². The largest absolute Gasteiger partial charge is 0.756 e. The normalized spacial score (nSPS) is 14.4. The molecule has 2 unspecified atom stereocenters. The van der Waals surface area contributed by atoms with Gasteiger partial charge in [0.25, 0.3) is 7.82 Å². The minimum absolute atomic E-state index is 0.0420. The van der Waals surface area contributed by atoms with E-state index in [0.29, 0.717) is 23.9 Å². The van der Waals surface area contributed by atoms with E-state index in [1.54, 1.807) is 0 Å². The van der Waals surface area contributed by atoms with Gasteiger partial charge < -0.3 is 27.9 Å². The van der Waals surface area contributed by atoms with Crippen LogP contribution in [0.3, 0.4) is 0 Å². The standard InChI is InChI=1S/C40H70NO8P/c1-6-8-10-12-14-16-18-20-22-24-26-28-30-32-39(42)46-36-38(37-48-50(44,45)47-35-34-41(3,4)5)49-40(43)33-31-29-27-25-23-21-19-17-15-13-11-9-7-2/h9-12,15-18,21,23,38H,6-8,13-14,19-20,22,24-37H2,1-5H3/b11-9-,12-10-,17-15-,18-16-,23-21-. The number of hydrogen-bond donors (Lipinski definition) is 0. The molecular weight excluding hydrogens is 653 g/mol. The Morgan fingerprint density at radius 1 is 0.640 bits per heavy atom. The molecule has 9 nitrogen and oxygen atoms in total. The van der Waals surface area contributed by atoms with Crippen LogP contribution < -0.4 is 4.89 Å². The number of carbonyl (C=O) groups excluding carboxylic acids is 2. The first-order valence-corrected chi connectivity index (χ1v) is 20.5. The second kappa shape index (κ2) is 32.6. The van der Waals surface area contributed by atoms with E-state index >= 15 is 0 Å². The number of ether oxygens (including phenoxy) is 2. The Morgan fingerprint density at radius 2 is 1.14 bits per heavy atom. The van der Waals surface area contributed by atoms with Crippen LogP contribution in [0, 0.1) is 0 Å². The third kappa shape index (κ3) is 35.5. The first kappa shape index (κ1) is 47.7. The average molecular weight is 724 g/mol. The number of rotatable bonds is 33. The van der Waals surface area contributed by atoms with E-state index in [0.717, 1.165) is 83.5 Å². The molecule has 0 aliphatic carbocycles.